The Balaban J connectivity index is 1.23. The second-order valence-electron chi connectivity index (χ2n) is 7.90. The highest BCUT2D eigenvalue weighted by Gasteiger charge is 2.14. The minimum atomic E-state index is -0.0872. The second-order valence-corrected chi connectivity index (χ2v) is 7.90. The zero-order valence-corrected chi connectivity index (χ0v) is 17.8. The number of hydrogen-bond acceptors (Lipinski definition) is 6. The van der Waals surface area contributed by atoms with Crippen LogP contribution in [0.25, 0.3) is 11.4 Å². The summed E-state index contributed by atoms with van der Waals surface area (Å²) in [6, 6.07) is 15.3. The van der Waals surface area contributed by atoms with Gasteiger partial charge in [-0.05, 0) is 67.3 Å². The third-order valence-electron chi connectivity index (χ3n) is 5.62. The van der Waals surface area contributed by atoms with Gasteiger partial charge in [0.05, 0.1) is 7.11 Å². The Morgan fingerprint density at radius 1 is 1.06 bits per heavy atom. The van der Waals surface area contributed by atoms with E-state index in [-0.39, 0.29) is 12.3 Å². The molecular formula is C24H28N4O3. The summed E-state index contributed by atoms with van der Waals surface area (Å²) in [6.07, 6.45) is 6.00. The molecule has 0 unspecified atom stereocenters. The van der Waals surface area contributed by atoms with E-state index in [4.69, 9.17) is 9.26 Å². The van der Waals surface area contributed by atoms with Crippen LogP contribution in [0, 0.1) is 5.92 Å². The van der Waals surface area contributed by atoms with Gasteiger partial charge in [-0.2, -0.15) is 4.98 Å². The van der Waals surface area contributed by atoms with Gasteiger partial charge >= 0.3 is 0 Å². The number of aryl methyl sites for hydroxylation is 1. The fourth-order valence-electron chi connectivity index (χ4n) is 3.81. The lowest BCUT2D eigenvalue weighted by atomic mass is 10.1. The number of nitrogens with zero attached hydrogens (tertiary/aromatic N) is 2. The van der Waals surface area contributed by atoms with Crippen molar-refractivity contribution in [3.8, 4) is 17.1 Å². The van der Waals surface area contributed by atoms with Crippen molar-refractivity contribution < 1.29 is 14.1 Å². The molecular weight excluding hydrogens is 392 g/mol. The molecule has 0 saturated heterocycles. The molecule has 0 aliphatic heterocycles. The Hall–Kier alpha value is -3.35. The predicted octanol–water partition coefficient (Wildman–Crippen LogP) is 4.92. The molecule has 2 N–H and O–H groups in total. The SMILES string of the molecule is COc1ccc(-c2noc(CCC(=O)Nc3ccc(NCC4CCCC4)cc3)n2)cc1. The molecule has 1 aliphatic rings. The number of carbonyl (C=O) groups excluding carboxylic acids is 1. The van der Waals surface area contributed by atoms with Gasteiger partial charge in [0.1, 0.15) is 5.75 Å². The maximum absolute atomic E-state index is 12.3. The first kappa shape index (κ1) is 20.9. The van der Waals surface area contributed by atoms with E-state index in [1.165, 1.54) is 25.7 Å². The number of carbonyl (C=O) groups is 1. The molecule has 1 saturated carbocycles. The summed E-state index contributed by atoms with van der Waals surface area (Å²) >= 11 is 0. The van der Waals surface area contributed by atoms with Crippen LogP contribution < -0.4 is 15.4 Å². The van der Waals surface area contributed by atoms with Crippen LogP contribution in [0.1, 0.15) is 38.0 Å². The first-order valence-electron chi connectivity index (χ1n) is 10.8. The lowest BCUT2D eigenvalue weighted by Crippen LogP contribution is -2.13. The van der Waals surface area contributed by atoms with Gasteiger partial charge in [-0.3, -0.25) is 4.79 Å². The van der Waals surface area contributed by atoms with Crippen LogP contribution in [0.5, 0.6) is 5.75 Å². The number of methoxy groups -OCH3 is 1. The average molecular weight is 421 g/mol. The quantitative estimate of drug-likeness (QED) is 0.511. The fourth-order valence-corrected chi connectivity index (χ4v) is 3.81. The molecule has 1 fully saturated rings. The molecule has 1 amide bonds. The molecule has 0 radical (unpaired) electrons. The number of anilines is 2. The molecule has 0 bridgehead atoms. The predicted molar refractivity (Wildman–Crippen MR) is 120 cm³/mol. The second kappa shape index (κ2) is 10.1. The lowest BCUT2D eigenvalue weighted by molar-refractivity contribution is -0.116. The fraction of sp³-hybridized carbons (Fsp3) is 0.375. The van der Waals surface area contributed by atoms with Crippen molar-refractivity contribution >= 4 is 17.3 Å². The van der Waals surface area contributed by atoms with Crippen LogP contribution in [0.15, 0.2) is 53.1 Å². The molecule has 2 aromatic carbocycles. The molecule has 0 atom stereocenters. The van der Waals surface area contributed by atoms with Crippen LogP contribution in [-0.2, 0) is 11.2 Å². The molecule has 1 heterocycles. The van der Waals surface area contributed by atoms with E-state index in [9.17, 15) is 4.79 Å². The monoisotopic (exact) mass is 420 g/mol. The van der Waals surface area contributed by atoms with Gasteiger partial charge in [0.25, 0.3) is 0 Å². The lowest BCUT2D eigenvalue weighted by Gasteiger charge is -2.12. The van der Waals surface area contributed by atoms with Crippen molar-refractivity contribution in [3.63, 3.8) is 0 Å². The third kappa shape index (κ3) is 5.84. The number of hydrogen-bond donors (Lipinski definition) is 2. The van der Waals surface area contributed by atoms with Gasteiger partial charge in [-0.1, -0.05) is 18.0 Å². The van der Waals surface area contributed by atoms with Crippen LogP contribution >= 0.6 is 0 Å². The van der Waals surface area contributed by atoms with Gasteiger partial charge in [-0.15, -0.1) is 0 Å². The van der Waals surface area contributed by atoms with E-state index in [1.807, 2.05) is 48.5 Å². The van der Waals surface area contributed by atoms with E-state index in [0.717, 1.165) is 35.2 Å². The van der Waals surface area contributed by atoms with Crippen molar-refractivity contribution in [3.05, 3.63) is 54.4 Å². The third-order valence-corrected chi connectivity index (χ3v) is 5.62. The van der Waals surface area contributed by atoms with Crippen molar-refractivity contribution in [1.29, 1.82) is 0 Å². The summed E-state index contributed by atoms with van der Waals surface area (Å²) in [4.78, 5) is 16.7. The molecule has 3 aromatic rings. The van der Waals surface area contributed by atoms with E-state index >= 15 is 0 Å². The molecule has 7 heteroatoms. The Kier molecular flexibility index (Phi) is 6.82. The number of benzene rings is 2. The Morgan fingerprint density at radius 2 is 1.77 bits per heavy atom. The van der Waals surface area contributed by atoms with Crippen molar-refractivity contribution in [2.75, 3.05) is 24.3 Å². The summed E-state index contributed by atoms with van der Waals surface area (Å²) < 4.78 is 10.4. The molecule has 162 valence electrons. The summed E-state index contributed by atoms with van der Waals surface area (Å²) in [5.41, 5.74) is 2.70. The van der Waals surface area contributed by atoms with Crippen LogP contribution in [0.3, 0.4) is 0 Å². The Morgan fingerprint density at radius 3 is 2.48 bits per heavy atom. The van der Waals surface area contributed by atoms with Crippen LogP contribution in [0.2, 0.25) is 0 Å². The maximum atomic E-state index is 12.3. The number of nitrogens with one attached hydrogen (secondary N) is 2. The molecule has 0 spiro atoms. The van der Waals surface area contributed by atoms with Crippen LogP contribution in [0.4, 0.5) is 11.4 Å². The van der Waals surface area contributed by atoms with Crippen LogP contribution in [-0.4, -0.2) is 29.7 Å². The van der Waals surface area contributed by atoms with E-state index in [1.54, 1.807) is 7.11 Å². The van der Waals surface area contributed by atoms with Crippen molar-refractivity contribution in [1.82, 2.24) is 10.1 Å². The zero-order chi connectivity index (χ0) is 21.5. The Bertz CT molecular complexity index is 977. The minimum absolute atomic E-state index is 0.0872. The first-order chi connectivity index (χ1) is 15.2. The first-order valence-corrected chi connectivity index (χ1v) is 10.8. The van der Waals surface area contributed by atoms with E-state index < -0.39 is 0 Å². The van der Waals surface area contributed by atoms with Crippen molar-refractivity contribution in [2.24, 2.45) is 5.92 Å². The number of amides is 1. The minimum Gasteiger partial charge on any atom is -0.497 e. The summed E-state index contributed by atoms with van der Waals surface area (Å²) in [6.45, 7) is 1.02. The number of ether oxygens (including phenoxy) is 1. The molecule has 7 nitrogen and oxygen atoms in total. The number of aromatic nitrogens is 2. The van der Waals surface area contributed by atoms with Gasteiger partial charge in [0, 0.05) is 36.3 Å². The highest BCUT2D eigenvalue weighted by Crippen LogP contribution is 2.25. The summed E-state index contributed by atoms with van der Waals surface area (Å²) in [5, 5.41) is 10.4. The standard InChI is InChI=1S/C24H28N4O3/c1-30-21-12-6-18(7-13-21)24-27-23(31-28-24)15-14-22(29)26-20-10-8-19(9-11-20)25-16-17-4-2-3-5-17/h6-13,17,25H,2-5,14-16H2,1H3,(H,26,29). The van der Waals surface area contributed by atoms with E-state index in [2.05, 4.69) is 20.8 Å². The van der Waals surface area contributed by atoms with E-state index in [0.29, 0.717) is 18.1 Å². The molecule has 1 aromatic heterocycles. The zero-order valence-electron chi connectivity index (χ0n) is 17.8. The van der Waals surface area contributed by atoms with Gasteiger partial charge in [-0.25, -0.2) is 0 Å². The Labute approximate surface area is 182 Å². The molecule has 31 heavy (non-hydrogen) atoms. The topological polar surface area (TPSA) is 89.3 Å². The summed E-state index contributed by atoms with van der Waals surface area (Å²) in [7, 11) is 1.62. The van der Waals surface area contributed by atoms with Gasteiger partial charge in [0.15, 0.2) is 0 Å². The molecule has 4 rings (SSSR count). The normalized spacial score (nSPS) is 13.8. The van der Waals surface area contributed by atoms with Gasteiger partial charge < -0.3 is 19.9 Å². The highest BCUT2D eigenvalue weighted by molar-refractivity contribution is 5.90. The van der Waals surface area contributed by atoms with Crippen molar-refractivity contribution in [2.45, 2.75) is 38.5 Å². The number of rotatable bonds is 9. The highest BCUT2D eigenvalue weighted by atomic mass is 16.5. The van der Waals surface area contributed by atoms with Gasteiger partial charge in [0.2, 0.25) is 17.6 Å². The maximum Gasteiger partial charge on any atom is 0.227 e. The largest absolute Gasteiger partial charge is 0.497 e. The molecule has 1 aliphatic carbocycles. The average Bonchev–Trinajstić information content (AvgIpc) is 3.50. The smallest absolute Gasteiger partial charge is 0.227 e. The summed E-state index contributed by atoms with van der Waals surface area (Å²) in [5.74, 6) is 2.40.